The molecule has 0 spiro atoms. The monoisotopic (exact) mass is 292 g/mol. The van der Waals surface area contributed by atoms with Crippen LogP contribution in [0.15, 0.2) is 71.6 Å². The van der Waals surface area contributed by atoms with Gasteiger partial charge in [-0.15, -0.1) is 0 Å². The summed E-state index contributed by atoms with van der Waals surface area (Å²) in [6.45, 7) is 10.1. The van der Waals surface area contributed by atoms with Crippen LogP contribution in [0.2, 0.25) is 0 Å². The van der Waals surface area contributed by atoms with Gasteiger partial charge in [-0.3, -0.25) is 4.57 Å². The Balaban J connectivity index is 2.45. The summed E-state index contributed by atoms with van der Waals surface area (Å²) in [4.78, 5) is 14.9. The molecule has 0 amide bonds. The van der Waals surface area contributed by atoms with Crippen LogP contribution in [0.25, 0.3) is 12.7 Å². The lowest BCUT2D eigenvalue weighted by atomic mass is 10.2. The fraction of sp³-hybridized carbons (Fsp3) is 0.105. The molecular weight excluding hydrogens is 272 g/mol. The number of rotatable bonds is 5. The third-order valence-corrected chi connectivity index (χ3v) is 3.24. The Morgan fingerprint density at radius 2 is 2.00 bits per heavy atom. The molecule has 0 fully saturated rings. The van der Waals surface area contributed by atoms with Gasteiger partial charge in [0, 0.05) is 6.54 Å². The van der Waals surface area contributed by atoms with Gasteiger partial charge in [-0.1, -0.05) is 73.4 Å². The molecule has 0 aliphatic rings. The van der Waals surface area contributed by atoms with Gasteiger partial charge < -0.3 is 4.98 Å². The number of nitrogens with one attached hydrogen (secondary N) is 1. The Morgan fingerprint density at radius 1 is 1.27 bits per heavy atom. The molecular formula is C19H20N2O. The maximum atomic E-state index is 12.1. The summed E-state index contributed by atoms with van der Waals surface area (Å²) in [6, 6.07) is 9.89. The average Bonchev–Trinajstić information content (AvgIpc) is 2.76. The summed E-state index contributed by atoms with van der Waals surface area (Å²) in [5.41, 5.74) is 1.96. The molecule has 0 unspecified atom stereocenters. The van der Waals surface area contributed by atoms with Crippen molar-refractivity contribution in [2.24, 2.45) is 0 Å². The number of imidazole rings is 1. The van der Waals surface area contributed by atoms with E-state index in [1.807, 2.05) is 61.6 Å². The highest BCUT2D eigenvalue weighted by Crippen LogP contribution is 1.99. The number of hydrogen-bond acceptors (Lipinski definition) is 1. The van der Waals surface area contributed by atoms with Gasteiger partial charge in [0.15, 0.2) is 0 Å². The van der Waals surface area contributed by atoms with Crippen LogP contribution >= 0.6 is 0 Å². The fourth-order valence-corrected chi connectivity index (χ4v) is 2.16. The topological polar surface area (TPSA) is 37.8 Å². The number of hydrogen-bond donors (Lipinski definition) is 1. The number of aromatic nitrogens is 2. The third-order valence-electron chi connectivity index (χ3n) is 3.24. The highest BCUT2D eigenvalue weighted by atomic mass is 16.1. The molecule has 3 nitrogen and oxygen atoms in total. The number of nitrogens with zero attached hydrogens (tertiary/aromatic N) is 1. The van der Waals surface area contributed by atoms with E-state index >= 15 is 0 Å². The van der Waals surface area contributed by atoms with Crippen LogP contribution in [0.5, 0.6) is 0 Å². The van der Waals surface area contributed by atoms with Crippen molar-refractivity contribution in [2.75, 3.05) is 0 Å². The molecule has 3 heteroatoms. The van der Waals surface area contributed by atoms with Crippen molar-refractivity contribution in [1.82, 2.24) is 9.55 Å². The van der Waals surface area contributed by atoms with E-state index in [9.17, 15) is 4.79 Å². The summed E-state index contributed by atoms with van der Waals surface area (Å²) >= 11 is 0. The minimum atomic E-state index is -0.146. The second-order valence-corrected chi connectivity index (χ2v) is 5.07. The fourth-order valence-electron chi connectivity index (χ4n) is 2.16. The maximum Gasteiger partial charge on any atom is 0.326 e. The molecule has 1 aromatic carbocycles. The molecule has 0 aliphatic carbocycles. The quantitative estimate of drug-likeness (QED) is 0.842. The number of benzene rings is 1. The van der Waals surface area contributed by atoms with E-state index in [1.54, 1.807) is 10.6 Å². The lowest BCUT2D eigenvalue weighted by Gasteiger charge is -2.02. The lowest BCUT2D eigenvalue weighted by molar-refractivity contribution is 0.729. The van der Waals surface area contributed by atoms with Gasteiger partial charge in [0.2, 0.25) is 0 Å². The Labute approximate surface area is 129 Å². The summed E-state index contributed by atoms with van der Waals surface area (Å²) in [6.07, 6.45) is 9.41. The average molecular weight is 292 g/mol. The predicted molar refractivity (Wildman–Crippen MR) is 92.9 cm³/mol. The van der Waals surface area contributed by atoms with Crippen molar-refractivity contribution in [3.63, 3.8) is 0 Å². The van der Waals surface area contributed by atoms with Gasteiger partial charge in [-0.2, -0.15) is 0 Å². The van der Waals surface area contributed by atoms with E-state index in [0.29, 0.717) is 11.9 Å². The number of aromatic amines is 1. The maximum absolute atomic E-state index is 12.1. The van der Waals surface area contributed by atoms with Crippen molar-refractivity contribution in [2.45, 2.75) is 13.5 Å². The van der Waals surface area contributed by atoms with Crippen LogP contribution in [0, 0.1) is 0 Å². The van der Waals surface area contributed by atoms with E-state index in [4.69, 9.17) is 0 Å². The number of H-pyrrole nitrogens is 1. The summed E-state index contributed by atoms with van der Waals surface area (Å²) in [5, 5.41) is 1.43. The molecule has 0 saturated carbocycles. The molecule has 0 bridgehead atoms. The minimum absolute atomic E-state index is 0.146. The molecule has 1 aromatic heterocycles. The lowest BCUT2D eigenvalue weighted by Crippen LogP contribution is -2.32. The van der Waals surface area contributed by atoms with Crippen molar-refractivity contribution >= 4 is 12.7 Å². The summed E-state index contributed by atoms with van der Waals surface area (Å²) in [7, 11) is 0. The molecule has 0 aliphatic heterocycles. The van der Waals surface area contributed by atoms with E-state index in [1.165, 1.54) is 0 Å². The van der Waals surface area contributed by atoms with E-state index in [-0.39, 0.29) is 5.69 Å². The SMILES string of the molecule is C=C/C=C\C=C(/C)Cn1c(=O)[nH]c(=C)/c1=C/c1ccccc1. The van der Waals surface area contributed by atoms with Crippen molar-refractivity contribution in [3.05, 3.63) is 93.5 Å². The van der Waals surface area contributed by atoms with E-state index < -0.39 is 0 Å². The first kappa shape index (κ1) is 15.6. The van der Waals surface area contributed by atoms with Crippen LogP contribution in [-0.4, -0.2) is 9.55 Å². The summed E-state index contributed by atoms with van der Waals surface area (Å²) < 4.78 is 1.70. The molecule has 2 rings (SSSR count). The zero-order chi connectivity index (χ0) is 15.9. The first-order valence-electron chi connectivity index (χ1n) is 7.11. The van der Waals surface area contributed by atoms with Crippen LogP contribution in [0.4, 0.5) is 0 Å². The van der Waals surface area contributed by atoms with Gasteiger partial charge in [0.05, 0.1) is 10.7 Å². The van der Waals surface area contributed by atoms with Gasteiger partial charge in [0.1, 0.15) is 0 Å². The first-order chi connectivity index (χ1) is 10.6. The van der Waals surface area contributed by atoms with Crippen LogP contribution in [0.3, 0.4) is 0 Å². The molecule has 0 atom stereocenters. The van der Waals surface area contributed by atoms with Crippen molar-refractivity contribution in [3.8, 4) is 0 Å². The minimum Gasteiger partial charge on any atom is -0.306 e. The Morgan fingerprint density at radius 3 is 2.68 bits per heavy atom. The molecule has 2 aromatic rings. The van der Waals surface area contributed by atoms with Gasteiger partial charge >= 0.3 is 5.69 Å². The van der Waals surface area contributed by atoms with Crippen molar-refractivity contribution in [1.29, 1.82) is 0 Å². The standard InChI is InChI=1S/C19H20N2O/c1-4-5-7-10-15(2)14-21-18(16(3)20-19(21)22)13-17-11-8-6-9-12-17/h4-13H,1,3,14H2,2H3,(H,20,22)/b7-5-,15-10+,18-13-. The molecule has 22 heavy (non-hydrogen) atoms. The molecule has 0 radical (unpaired) electrons. The van der Waals surface area contributed by atoms with Crippen molar-refractivity contribution < 1.29 is 0 Å². The van der Waals surface area contributed by atoms with Gasteiger partial charge in [-0.05, 0) is 18.6 Å². The molecule has 0 saturated heterocycles. The molecule has 1 N–H and O–H groups in total. The predicted octanol–water partition coefficient (Wildman–Crippen LogP) is 2.10. The zero-order valence-electron chi connectivity index (χ0n) is 12.8. The Kier molecular flexibility index (Phi) is 5.15. The smallest absolute Gasteiger partial charge is 0.306 e. The van der Waals surface area contributed by atoms with Crippen LogP contribution in [-0.2, 0) is 6.54 Å². The second kappa shape index (κ2) is 7.27. The summed E-state index contributed by atoms with van der Waals surface area (Å²) in [5.74, 6) is 0. The Bertz CT molecular complexity index is 864. The second-order valence-electron chi connectivity index (χ2n) is 5.07. The largest absolute Gasteiger partial charge is 0.326 e. The molecule has 1 heterocycles. The highest BCUT2D eigenvalue weighted by molar-refractivity contribution is 5.48. The van der Waals surface area contributed by atoms with E-state index in [2.05, 4.69) is 18.1 Å². The Hall–Kier alpha value is -2.81. The van der Waals surface area contributed by atoms with Gasteiger partial charge in [-0.25, -0.2) is 4.79 Å². The number of allylic oxidation sites excluding steroid dienone is 5. The normalized spacial score (nSPS) is 13.0. The molecule has 112 valence electrons. The zero-order valence-corrected chi connectivity index (χ0v) is 12.8. The first-order valence-corrected chi connectivity index (χ1v) is 7.11. The van der Waals surface area contributed by atoms with Gasteiger partial charge in [0.25, 0.3) is 0 Å². The van der Waals surface area contributed by atoms with E-state index in [0.717, 1.165) is 16.5 Å². The third kappa shape index (κ3) is 3.85. The highest BCUT2D eigenvalue weighted by Gasteiger charge is 2.02. The van der Waals surface area contributed by atoms with Crippen LogP contribution < -0.4 is 16.4 Å². The van der Waals surface area contributed by atoms with Crippen LogP contribution in [0.1, 0.15) is 12.5 Å².